The van der Waals surface area contributed by atoms with Crippen LogP contribution >= 0.6 is 0 Å². The molecule has 29 heavy (non-hydrogen) atoms. The number of carbonyl (C=O) groups is 2. The second-order valence-electron chi connectivity index (χ2n) is 6.94. The van der Waals surface area contributed by atoms with E-state index in [-0.39, 0.29) is 5.92 Å². The first-order chi connectivity index (χ1) is 14.2. The number of aryl methyl sites for hydroxylation is 1. The van der Waals surface area contributed by atoms with Crippen molar-refractivity contribution >= 4 is 11.8 Å². The number of rotatable bonds is 7. The summed E-state index contributed by atoms with van der Waals surface area (Å²) < 4.78 is 0. The van der Waals surface area contributed by atoms with Crippen molar-refractivity contribution in [2.24, 2.45) is 0 Å². The summed E-state index contributed by atoms with van der Waals surface area (Å²) in [5.41, 5.74) is 4.39. The molecule has 0 aromatic heterocycles. The van der Waals surface area contributed by atoms with Crippen LogP contribution in [0.4, 0.5) is 0 Å². The molecule has 2 N–H and O–H groups in total. The zero-order chi connectivity index (χ0) is 20.5. The fourth-order valence-corrected chi connectivity index (χ4v) is 3.23. The van der Waals surface area contributed by atoms with Crippen molar-refractivity contribution in [3.05, 3.63) is 107 Å². The zero-order valence-electron chi connectivity index (χ0n) is 16.6. The highest BCUT2D eigenvalue weighted by Gasteiger charge is 2.18. The minimum absolute atomic E-state index is 0.0178. The fourth-order valence-electron chi connectivity index (χ4n) is 3.23. The Labute approximate surface area is 172 Å². The third-order valence-corrected chi connectivity index (χ3v) is 4.96. The molecule has 0 aliphatic heterocycles. The van der Waals surface area contributed by atoms with Crippen LogP contribution in [0.5, 0.6) is 0 Å². The lowest BCUT2D eigenvalue weighted by Gasteiger charge is -2.18. The van der Waals surface area contributed by atoms with Crippen molar-refractivity contribution < 1.29 is 9.59 Å². The highest BCUT2D eigenvalue weighted by Crippen LogP contribution is 2.23. The highest BCUT2D eigenvalue weighted by atomic mass is 16.2. The predicted octanol–water partition coefficient (Wildman–Crippen LogP) is 3.81. The number of amides is 2. The quantitative estimate of drug-likeness (QED) is 0.607. The monoisotopic (exact) mass is 386 g/mol. The Morgan fingerprint density at radius 1 is 0.690 bits per heavy atom. The summed E-state index contributed by atoms with van der Waals surface area (Å²) in [7, 11) is 0. The summed E-state index contributed by atoms with van der Waals surface area (Å²) in [6.45, 7) is 2.78. The molecule has 0 atom stereocenters. The Hall–Kier alpha value is -3.40. The van der Waals surface area contributed by atoms with Gasteiger partial charge in [-0.05, 0) is 28.7 Å². The molecule has 0 aliphatic carbocycles. The smallest absolute Gasteiger partial charge is 0.309 e. The summed E-state index contributed by atoms with van der Waals surface area (Å²) in [4.78, 5) is 24.5. The van der Waals surface area contributed by atoms with Crippen LogP contribution in [-0.4, -0.2) is 18.4 Å². The van der Waals surface area contributed by atoms with E-state index >= 15 is 0 Å². The van der Waals surface area contributed by atoms with Crippen LogP contribution < -0.4 is 10.6 Å². The summed E-state index contributed by atoms with van der Waals surface area (Å²) in [5, 5.41) is 5.47. The Kier molecular flexibility index (Phi) is 7.17. The second-order valence-corrected chi connectivity index (χ2v) is 6.94. The standard InChI is InChI=1S/C25H26N2O2/c1-2-19-13-15-20(16-14-19)17-26-24(28)25(29)27-18-23(21-9-5-3-6-10-21)22-11-7-4-8-12-22/h3-16,23H,2,17-18H2,1H3,(H,26,28)(H,27,29). The molecule has 3 aromatic rings. The molecule has 4 nitrogen and oxygen atoms in total. The van der Waals surface area contributed by atoms with Gasteiger partial charge in [0, 0.05) is 19.0 Å². The molecule has 0 aliphatic rings. The lowest BCUT2D eigenvalue weighted by atomic mass is 9.91. The molecule has 3 aromatic carbocycles. The topological polar surface area (TPSA) is 58.2 Å². The van der Waals surface area contributed by atoms with Gasteiger partial charge in [0.2, 0.25) is 0 Å². The Morgan fingerprint density at radius 3 is 1.69 bits per heavy atom. The maximum atomic E-state index is 12.3. The van der Waals surface area contributed by atoms with Gasteiger partial charge in [-0.25, -0.2) is 0 Å². The van der Waals surface area contributed by atoms with E-state index in [9.17, 15) is 9.59 Å². The number of hydrogen-bond acceptors (Lipinski definition) is 2. The maximum Gasteiger partial charge on any atom is 0.309 e. The summed E-state index contributed by atoms with van der Waals surface area (Å²) in [6.07, 6.45) is 0.971. The van der Waals surface area contributed by atoms with Crippen LogP contribution in [0.15, 0.2) is 84.9 Å². The summed E-state index contributed by atoms with van der Waals surface area (Å²) in [6, 6.07) is 28.0. The van der Waals surface area contributed by atoms with Gasteiger partial charge in [0.25, 0.3) is 0 Å². The number of carbonyl (C=O) groups excluding carboxylic acids is 2. The summed E-state index contributed by atoms with van der Waals surface area (Å²) in [5.74, 6) is -1.26. The van der Waals surface area contributed by atoms with Crippen molar-refractivity contribution in [3.63, 3.8) is 0 Å². The van der Waals surface area contributed by atoms with Gasteiger partial charge in [0.05, 0.1) is 0 Å². The first-order valence-electron chi connectivity index (χ1n) is 9.91. The van der Waals surface area contributed by atoms with Gasteiger partial charge in [-0.15, -0.1) is 0 Å². The van der Waals surface area contributed by atoms with Crippen molar-refractivity contribution in [2.75, 3.05) is 6.54 Å². The maximum absolute atomic E-state index is 12.3. The number of nitrogens with one attached hydrogen (secondary N) is 2. The van der Waals surface area contributed by atoms with Crippen molar-refractivity contribution in [1.82, 2.24) is 10.6 Å². The molecule has 0 radical (unpaired) electrons. The molecular weight excluding hydrogens is 360 g/mol. The van der Waals surface area contributed by atoms with Crippen LogP contribution in [0, 0.1) is 0 Å². The zero-order valence-corrected chi connectivity index (χ0v) is 16.6. The lowest BCUT2D eigenvalue weighted by molar-refractivity contribution is -0.139. The predicted molar refractivity (Wildman–Crippen MR) is 115 cm³/mol. The summed E-state index contributed by atoms with van der Waals surface area (Å²) >= 11 is 0. The van der Waals surface area contributed by atoms with E-state index in [1.54, 1.807) is 0 Å². The van der Waals surface area contributed by atoms with Crippen molar-refractivity contribution in [3.8, 4) is 0 Å². The molecular formula is C25H26N2O2. The lowest BCUT2D eigenvalue weighted by Crippen LogP contribution is -2.41. The molecule has 0 saturated heterocycles. The third-order valence-electron chi connectivity index (χ3n) is 4.96. The molecule has 0 unspecified atom stereocenters. The van der Waals surface area contributed by atoms with E-state index in [0.717, 1.165) is 23.1 Å². The van der Waals surface area contributed by atoms with E-state index in [4.69, 9.17) is 0 Å². The van der Waals surface area contributed by atoms with E-state index in [1.807, 2.05) is 84.9 Å². The third kappa shape index (κ3) is 5.79. The fraction of sp³-hybridized carbons (Fsp3) is 0.200. The van der Waals surface area contributed by atoms with Crippen LogP contribution in [0.1, 0.15) is 35.1 Å². The van der Waals surface area contributed by atoms with E-state index in [2.05, 4.69) is 17.6 Å². The Morgan fingerprint density at radius 2 is 1.17 bits per heavy atom. The number of hydrogen-bond donors (Lipinski definition) is 2. The van der Waals surface area contributed by atoms with Gasteiger partial charge in [0.15, 0.2) is 0 Å². The molecule has 2 amide bonds. The molecule has 3 rings (SSSR count). The normalized spacial score (nSPS) is 10.6. The molecule has 4 heteroatoms. The Balaban J connectivity index is 1.58. The molecule has 148 valence electrons. The van der Waals surface area contributed by atoms with Gasteiger partial charge >= 0.3 is 11.8 Å². The minimum atomic E-state index is -0.621. The second kappa shape index (κ2) is 10.2. The van der Waals surface area contributed by atoms with E-state index < -0.39 is 11.8 Å². The molecule has 0 spiro atoms. The highest BCUT2D eigenvalue weighted by molar-refractivity contribution is 6.35. The molecule has 0 bridgehead atoms. The average Bonchev–Trinajstić information content (AvgIpc) is 2.79. The minimum Gasteiger partial charge on any atom is -0.347 e. The van der Waals surface area contributed by atoms with Gasteiger partial charge in [-0.2, -0.15) is 0 Å². The largest absolute Gasteiger partial charge is 0.347 e. The van der Waals surface area contributed by atoms with Crippen LogP contribution in [0.25, 0.3) is 0 Å². The number of benzene rings is 3. The van der Waals surface area contributed by atoms with Gasteiger partial charge in [0.1, 0.15) is 0 Å². The van der Waals surface area contributed by atoms with Gasteiger partial charge in [-0.1, -0.05) is 91.9 Å². The van der Waals surface area contributed by atoms with Gasteiger partial charge < -0.3 is 10.6 Å². The average molecular weight is 386 g/mol. The van der Waals surface area contributed by atoms with Crippen LogP contribution in [-0.2, 0) is 22.6 Å². The van der Waals surface area contributed by atoms with Crippen molar-refractivity contribution in [1.29, 1.82) is 0 Å². The molecule has 0 fully saturated rings. The first-order valence-corrected chi connectivity index (χ1v) is 9.91. The van der Waals surface area contributed by atoms with Crippen LogP contribution in [0.2, 0.25) is 0 Å². The molecule has 0 saturated carbocycles. The van der Waals surface area contributed by atoms with Gasteiger partial charge in [-0.3, -0.25) is 9.59 Å². The Bertz CT molecular complexity index is 883. The van der Waals surface area contributed by atoms with E-state index in [0.29, 0.717) is 13.1 Å². The SMILES string of the molecule is CCc1ccc(CNC(=O)C(=O)NCC(c2ccccc2)c2ccccc2)cc1. The molecule has 0 heterocycles. The van der Waals surface area contributed by atoms with E-state index in [1.165, 1.54) is 5.56 Å². The van der Waals surface area contributed by atoms with Crippen molar-refractivity contribution in [2.45, 2.75) is 25.8 Å². The van der Waals surface area contributed by atoms with Crippen LogP contribution in [0.3, 0.4) is 0 Å². The first kappa shape index (κ1) is 20.3.